The van der Waals surface area contributed by atoms with Gasteiger partial charge in [-0.1, -0.05) is 55.5 Å². The van der Waals surface area contributed by atoms with E-state index < -0.39 is 22.0 Å². The fourth-order valence-electron chi connectivity index (χ4n) is 2.59. The minimum atomic E-state index is -3.80. The first-order valence-corrected chi connectivity index (χ1v) is 10.9. The van der Waals surface area contributed by atoms with Gasteiger partial charge >= 0.3 is 0 Å². The standard InChI is InChI=1S/C20H20N2O3S2/c1-2-15-10-12-17(13-11-15)21-20(23)19(16-7-4-3-5-8-16)22-27(24,25)18-9-6-14-26-18/h3-14,19,22H,2H2,1H3,(H,21,23)/t19-/m1/s1. The molecule has 0 radical (unpaired) electrons. The minimum absolute atomic E-state index is 0.170. The van der Waals surface area contributed by atoms with Gasteiger partial charge in [-0.2, -0.15) is 4.72 Å². The van der Waals surface area contributed by atoms with Crippen LogP contribution >= 0.6 is 11.3 Å². The van der Waals surface area contributed by atoms with Crippen molar-refractivity contribution in [1.29, 1.82) is 0 Å². The molecule has 5 nitrogen and oxygen atoms in total. The van der Waals surface area contributed by atoms with Crippen molar-refractivity contribution in [3.8, 4) is 0 Å². The van der Waals surface area contributed by atoms with Crippen molar-refractivity contribution in [2.24, 2.45) is 0 Å². The summed E-state index contributed by atoms with van der Waals surface area (Å²) in [5.74, 6) is -0.439. The van der Waals surface area contributed by atoms with Crippen LogP contribution in [0.15, 0.2) is 76.3 Å². The lowest BCUT2D eigenvalue weighted by Gasteiger charge is -2.18. The molecular weight excluding hydrogens is 380 g/mol. The molecule has 1 aromatic heterocycles. The van der Waals surface area contributed by atoms with E-state index in [2.05, 4.69) is 17.0 Å². The molecule has 2 N–H and O–H groups in total. The molecule has 7 heteroatoms. The van der Waals surface area contributed by atoms with Gasteiger partial charge < -0.3 is 5.32 Å². The molecule has 140 valence electrons. The molecule has 3 rings (SSSR count). The number of anilines is 1. The van der Waals surface area contributed by atoms with Gasteiger partial charge in [0.1, 0.15) is 10.3 Å². The Morgan fingerprint density at radius 3 is 2.30 bits per heavy atom. The highest BCUT2D eigenvalue weighted by atomic mass is 32.2. The van der Waals surface area contributed by atoms with Crippen LogP contribution in [0.3, 0.4) is 0 Å². The van der Waals surface area contributed by atoms with Crippen molar-refractivity contribution in [2.45, 2.75) is 23.6 Å². The third-order valence-electron chi connectivity index (χ3n) is 4.06. The average molecular weight is 401 g/mol. The molecule has 1 heterocycles. The quantitative estimate of drug-likeness (QED) is 0.630. The average Bonchev–Trinajstić information content (AvgIpc) is 3.23. The van der Waals surface area contributed by atoms with Crippen molar-refractivity contribution in [3.05, 3.63) is 83.2 Å². The van der Waals surface area contributed by atoms with Gasteiger partial charge in [0.2, 0.25) is 5.91 Å². The number of hydrogen-bond donors (Lipinski definition) is 2. The van der Waals surface area contributed by atoms with E-state index in [-0.39, 0.29) is 4.21 Å². The SMILES string of the molecule is CCc1ccc(NC(=O)[C@H](NS(=O)(=O)c2cccs2)c2ccccc2)cc1. The van der Waals surface area contributed by atoms with Crippen molar-refractivity contribution in [3.63, 3.8) is 0 Å². The van der Waals surface area contributed by atoms with Crippen LogP contribution < -0.4 is 10.0 Å². The van der Waals surface area contributed by atoms with Crippen LogP contribution in [0, 0.1) is 0 Å². The van der Waals surface area contributed by atoms with Gasteiger partial charge in [0.25, 0.3) is 10.0 Å². The Bertz CT molecular complexity index is 983. The Morgan fingerprint density at radius 1 is 1.00 bits per heavy atom. The fourth-order valence-corrected chi connectivity index (χ4v) is 4.78. The lowest BCUT2D eigenvalue weighted by Crippen LogP contribution is -2.36. The zero-order valence-electron chi connectivity index (χ0n) is 14.8. The van der Waals surface area contributed by atoms with Gasteiger partial charge in [-0.3, -0.25) is 4.79 Å². The molecule has 1 amide bonds. The first-order chi connectivity index (χ1) is 13.0. The van der Waals surface area contributed by atoms with E-state index in [4.69, 9.17) is 0 Å². The summed E-state index contributed by atoms with van der Waals surface area (Å²) in [6.07, 6.45) is 0.904. The highest BCUT2D eigenvalue weighted by Gasteiger charge is 2.27. The summed E-state index contributed by atoms with van der Waals surface area (Å²) in [5, 5.41) is 4.48. The number of hydrogen-bond acceptors (Lipinski definition) is 4. The van der Waals surface area contributed by atoms with Gasteiger partial charge in [0.15, 0.2) is 0 Å². The van der Waals surface area contributed by atoms with Gasteiger partial charge in [-0.25, -0.2) is 8.42 Å². The second-order valence-corrected chi connectivity index (χ2v) is 8.83. The predicted molar refractivity (Wildman–Crippen MR) is 108 cm³/mol. The number of benzene rings is 2. The maximum Gasteiger partial charge on any atom is 0.251 e. The maximum atomic E-state index is 12.9. The second-order valence-electron chi connectivity index (χ2n) is 5.94. The number of aryl methyl sites for hydroxylation is 1. The molecule has 0 aliphatic rings. The highest BCUT2D eigenvalue weighted by Crippen LogP contribution is 2.22. The summed E-state index contributed by atoms with van der Waals surface area (Å²) in [6, 6.07) is 18.4. The number of sulfonamides is 1. The third kappa shape index (κ3) is 4.82. The molecule has 2 aromatic carbocycles. The largest absolute Gasteiger partial charge is 0.324 e. The van der Waals surface area contributed by atoms with E-state index >= 15 is 0 Å². The highest BCUT2D eigenvalue weighted by molar-refractivity contribution is 7.91. The molecule has 1 atom stereocenters. The van der Waals surface area contributed by atoms with E-state index in [1.807, 2.05) is 30.3 Å². The molecule has 0 aliphatic heterocycles. The Hall–Kier alpha value is -2.48. The van der Waals surface area contributed by atoms with Crippen LogP contribution in [0.25, 0.3) is 0 Å². The summed E-state index contributed by atoms with van der Waals surface area (Å²) < 4.78 is 28.0. The molecule has 0 fully saturated rings. The lowest BCUT2D eigenvalue weighted by atomic mass is 10.1. The van der Waals surface area contributed by atoms with E-state index in [1.54, 1.807) is 35.7 Å². The fraction of sp³-hybridized carbons (Fsp3) is 0.150. The molecule has 27 heavy (non-hydrogen) atoms. The van der Waals surface area contributed by atoms with Crippen molar-refractivity contribution in [2.75, 3.05) is 5.32 Å². The monoisotopic (exact) mass is 400 g/mol. The Kier molecular flexibility index (Phi) is 6.05. The number of carbonyl (C=O) groups excluding carboxylic acids is 1. The number of rotatable bonds is 7. The van der Waals surface area contributed by atoms with Crippen LogP contribution in [0.2, 0.25) is 0 Å². The van der Waals surface area contributed by atoms with Crippen LogP contribution in [0.4, 0.5) is 5.69 Å². The molecule has 3 aromatic rings. The minimum Gasteiger partial charge on any atom is -0.324 e. The summed E-state index contributed by atoms with van der Waals surface area (Å²) in [7, 11) is -3.80. The summed E-state index contributed by atoms with van der Waals surface area (Å²) in [4.78, 5) is 12.9. The van der Waals surface area contributed by atoms with Crippen molar-refractivity contribution in [1.82, 2.24) is 4.72 Å². The van der Waals surface area contributed by atoms with Gasteiger partial charge in [-0.15, -0.1) is 11.3 Å². The van der Waals surface area contributed by atoms with Crippen LogP contribution in [0.5, 0.6) is 0 Å². The molecular formula is C20H20N2O3S2. The molecule has 0 saturated carbocycles. The molecule has 0 spiro atoms. The smallest absolute Gasteiger partial charge is 0.251 e. The number of nitrogens with one attached hydrogen (secondary N) is 2. The Labute approximate surface area is 163 Å². The molecule has 0 bridgehead atoms. The van der Waals surface area contributed by atoms with Crippen LogP contribution in [-0.4, -0.2) is 14.3 Å². The Balaban J connectivity index is 1.86. The normalized spacial score (nSPS) is 12.5. The van der Waals surface area contributed by atoms with Crippen LogP contribution in [0.1, 0.15) is 24.1 Å². The number of amides is 1. The summed E-state index contributed by atoms with van der Waals surface area (Å²) >= 11 is 1.10. The van der Waals surface area contributed by atoms with Crippen molar-refractivity contribution < 1.29 is 13.2 Å². The third-order valence-corrected chi connectivity index (χ3v) is 6.88. The number of carbonyl (C=O) groups is 1. The Morgan fingerprint density at radius 2 is 1.70 bits per heavy atom. The van der Waals surface area contributed by atoms with E-state index in [0.717, 1.165) is 23.3 Å². The van der Waals surface area contributed by atoms with E-state index in [0.29, 0.717) is 11.3 Å². The first kappa shape index (κ1) is 19.3. The zero-order valence-corrected chi connectivity index (χ0v) is 16.4. The molecule has 0 unspecified atom stereocenters. The van der Waals surface area contributed by atoms with E-state index in [1.165, 1.54) is 6.07 Å². The summed E-state index contributed by atoms with van der Waals surface area (Å²) in [5.41, 5.74) is 2.35. The van der Waals surface area contributed by atoms with Gasteiger partial charge in [0, 0.05) is 5.69 Å². The molecule has 0 aliphatic carbocycles. The predicted octanol–water partition coefficient (Wildman–Crippen LogP) is 3.97. The van der Waals surface area contributed by atoms with E-state index in [9.17, 15) is 13.2 Å². The van der Waals surface area contributed by atoms with Crippen LogP contribution in [-0.2, 0) is 21.2 Å². The lowest BCUT2D eigenvalue weighted by molar-refractivity contribution is -0.117. The van der Waals surface area contributed by atoms with Gasteiger partial charge in [0.05, 0.1) is 0 Å². The first-order valence-electron chi connectivity index (χ1n) is 8.50. The summed E-state index contributed by atoms with van der Waals surface area (Å²) in [6.45, 7) is 2.05. The topological polar surface area (TPSA) is 75.3 Å². The van der Waals surface area contributed by atoms with Gasteiger partial charge in [-0.05, 0) is 41.1 Å². The van der Waals surface area contributed by atoms with Crippen molar-refractivity contribution >= 4 is 33.0 Å². The zero-order chi connectivity index (χ0) is 19.3. The second kappa shape index (κ2) is 8.47. The number of thiophene rings is 1. The molecule has 0 saturated heterocycles. The maximum absolute atomic E-state index is 12.9.